The molecule has 0 amide bonds. The van der Waals surface area contributed by atoms with Crippen molar-refractivity contribution in [1.82, 2.24) is 9.38 Å². The quantitative estimate of drug-likeness (QED) is 0.433. The van der Waals surface area contributed by atoms with E-state index in [9.17, 15) is 4.79 Å². The maximum absolute atomic E-state index is 11.2. The fraction of sp³-hybridized carbons (Fsp3) is 0.143. The maximum atomic E-state index is 11.2. The van der Waals surface area contributed by atoms with Gasteiger partial charge in [0.15, 0.2) is 4.96 Å². The van der Waals surface area contributed by atoms with Crippen LogP contribution in [0.25, 0.3) is 16.2 Å². The van der Waals surface area contributed by atoms with Gasteiger partial charge in [-0.05, 0) is 31.0 Å². The van der Waals surface area contributed by atoms with E-state index in [4.69, 9.17) is 16.6 Å². The molecule has 0 aliphatic rings. The van der Waals surface area contributed by atoms with Crippen LogP contribution in [0.5, 0.6) is 0 Å². The second kappa shape index (κ2) is 7.18. The van der Waals surface area contributed by atoms with Gasteiger partial charge in [0, 0.05) is 28.7 Å². The van der Waals surface area contributed by atoms with Crippen molar-refractivity contribution in [2.24, 2.45) is 0 Å². The van der Waals surface area contributed by atoms with Crippen molar-refractivity contribution < 1.29 is 4.79 Å². The summed E-state index contributed by atoms with van der Waals surface area (Å²) in [6, 6.07) is 13.9. The number of thiazole rings is 1. The van der Waals surface area contributed by atoms with E-state index in [1.807, 2.05) is 40.1 Å². The molecule has 4 nitrogen and oxygen atoms in total. The molecule has 1 N–H and O–H groups in total. The van der Waals surface area contributed by atoms with E-state index in [1.54, 1.807) is 0 Å². The molecule has 27 heavy (non-hydrogen) atoms. The zero-order valence-corrected chi connectivity index (χ0v) is 16.6. The Kier molecular flexibility index (Phi) is 4.72. The van der Waals surface area contributed by atoms with Crippen LogP contribution in [0.4, 0.5) is 11.5 Å². The largest absolute Gasteiger partial charge is 0.339 e. The number of halogens is 1. The van der Waals surface area contributed by atoms with Crippen molar-refractivity contribution in [3.63, 3.8) is 0 Å². The molecular weight excluding hydrogens is 378 g/mol. The first-order valence-corrected chi connectivity index (χ1v) is 9.86. The molecule has 2 aromatic heterocycles. The minimum Gasteiger partial charge on any atom is -0.339 e. The SMILES string of the molecule is Cc1cccc(C)c1Nc1c(-c2ccccc2Cl)nc2scc(CC=O)n12. The molecule has 0 aliphatic heterocycles. The first kappa shape index (κ1) is 17.8. The summed E-state index contributed by atoms with van der Waals surface area (Å²) in [5.41, 5.74) is 5.87. The topological polar surface area (TPSA) is 46.4 Å². The predicted molar refractivity (Wildman–Crippen MR) is 112 cm³/mol. The van der Waals surface area contributed by atoms with Crippen molar-refractivity contribution in [2.75, 3.05) is 5.32 Å². The molecule has 0 saturated heterocycles. The summed E-state index contributed by atoms with van der Waals surface area (Å²) in [5.74, 6) is 0.827. The third-order valence-corrected chi connectivity index (χ3v) is 5.78. The van der Waals surface area contributed by atoms with E-state index in [0.29, 0.717) is 11.4 Å². The smallest absolute Gasteiger partial charge is 0.196 e. The normalized spacial score (nSPS) is 11.1. The number of benzene rings is 2. The maximum Gasteiger partial charge on any atom is 0.196 e. The summed E-state index contributed by atoms with van der Waals surface area (Å²) in [4.78, 5) is 16.8. The van der Waals surface area contributed by atoms with Crippen molar-refractivity contribution in [1.29, 1.82) is 0 Å². The summed E-state index contributed by atoms with van der Waals surface area (Å²) in [5, 5.41) is 6.19. The minimum atomic E-state index is 0.333. The molecule has 4 aromatic rings. The number of anilines is 2. The van der Waals surface area contributed by atoms with E-state index in [-0.39, 0.29) is 0 Å². The Bertz CT molecular complexity index is 1130. The molecule has 0 unspecified atom stereocenters. The van der Waals surface area contributed by atoms with Crippen LogP contribution in [-0.4, -0.2) is 15.7 Å². The predicted octanol–water partition coefficient (Wildman–Crippen LogP) is 5.82. The number of aromatic nitrogens is 2. The molecule has 2 aromatic carbocycles. The van der Waals surface area contributed by atoms with Gasteiger partial charge < -0.3 is 10.1 Å². The van der Waals surface area contributed by atoms with Gasteiger partial charge in [0.2, 0.25) is 0 Å². The number of nitrogens with one attached hydrogen (secondary N) is 1. The summed E-state index contributed by atoms with van der Waals surface area (Å²) in [6.45, 7) is 4.14. The van der Waals surface area contributed by atoms with Gasteiger partial charge in [0.25, 0.3) is 0 Å². The highest BCUT2D eigenvalue weighted by Crippen LogP contribution is 2.38. The number of fused-ring (bicyclic) bond motifs is 1. The lowest BCUT2D eigenvalue weighted by atomic mass is 10.1. The standard InChI is InChI=1S/C21H18ClN3OS/c1-13-6-5-7-14(2)18(13)23-20-19(16-8-3-4-9-17(16)22)24-21-25(20)15(10-11-26)12-27-21/h3-9,11-12,23H,10H2,1-2H3. The van der Waals surface area contributed by atoms with Gasteiger partial charge in [-0.25, -0.2) is 4.98 Å². The van der Waals surface area contributed by atoms with E-state index in [1.165, 1.54) is 11.3 Å². The Labute approximate surface area is 166 Å². The number of hydrogen-bond donors (Lipinski definition) is 1. The monoisotopic (exact) mass is 395 g/mol. The van der Waals surface area contributed by atoms with Gasteiger partial charge in [0.05, 0.1) is 5.02 Å². The highest BCUT2D eigenvalue weighted by molar-refractivity contribution is 7.15. The van der Waals surface area contributed by atoms with Crippen molar-refractivity contribution >= 4 is 45.7 Å². The van der Waals surface area contributed by atoms with Gasteiger partial charge in [-0.3, -0.25) is 4.40 Å². The third kappa shape index (κ3) is 3.13. The van der Waals surface area contributed by atoms with E-state index < -0.39 is 0 Å². The number of para-hydroxylation sites is 1. The molecule has 0 radical (unpaired) electrons. The molecule has 0 atom stereocenters. The van der Waals surface area contributed by atoms with Crippen LogP contribution in [0.3, 0.4) is 0 Å². The number of nitrogens with zero attached hydrogens (tertiary/aromatic N) is 2. The molecule has 2 heterocycles. The van der Waals surface area contributed by atoms with E-state index >= 15 is 0 Å². The Hall–Kier alpha value is -2.63. The highest BCUT2D eigenvalue weighted by Gasteiger charge is 2.20. The lowest BCUT2D eigenvalue weighted by Gasteiger charge is -2.14. The van der Waals surface area contributed by atoms with Crippen LogP contribution in [-0.2, 0) is 11.2 Å². The number of carbonyl (C=O) groups is 1. The number of carbonyl (C=O) groups excluding carboxylic acids is 1. The minimum absolute atomic E-state index is 0.333. The van der Waals surface area contributed by atoms with Gasteiger partial charge >= 0.3 is 0 Å². The molecule has 0 saturated carbocycles. The number of imidazole rings is 1. The third-order valence-electron chi connectivity index (χ3n) is 4.58. The average molecular weight is 396 g/mol. The van der Waals surface area contributed by atoms with Gasteiger partial charge in [-0.15, -0.1) is 11.3 Å². The molecular formula is C21H18ClN3OS. The summed E-state index contributed by atoms with van der Waals surface area (Å²) in [6.07, 6.45) is 1.25. The lowest BCUT2D eigenvalue weighted by molar-refractivity contribution is -0.107. The van der Waals surface area contributed by atoms with Crippen molar-refractivity contribution in [3.8, 4) is 11.3 Å². The molecule has 6 heteroatoms. The molecule has 136 valence electrons. The summed E-state index contributed by atoms with van der Waals surface area (Å²) < 4.78 is 2.02. The van der Waals surface area contributed by atoms with Crippen molar-refractivity contribution in [2.45, 2.75) is 20.3 Å². The Morgan fingerprint density at radius 3 is 2.59 bits per heavy atom. The number of hydrogen-bond acceptors (Lipinski definition) is 4. The molecule has 4 rings (SSSR count). The van der Waals surface area contributed by atoms with Gasteiger partial charge in [0.1, 0.15) is 17.8 Å². The van der Waals surface area contributed by atoms with E-state index in [2.05, 4.69) is 31.3 Å². The molecule has 0 aliphatic carbocycles. The molecule has 0 fully saturated rings. The van der Waals surface area contributed by atoms with Crippen molar-refractivity contribution in [3.05, 3.63) is 69.7 Å². The van der Waals surface area contributed by atoms with Crippen LogP contribution in [0, 0.1) is 13.8 Å². The van der Waals surface area contributed by atoms with Crippen LogP contribution >= 0.6 is 22.9 Å². The van der Waals surface area contributed by atoms with Gasteiger partial charge in [-0.2, -0.15) is 0 Å². The summed E-state index contributed by atoms with van der Waals surface area (Å²) in [7, 11) is 0. The molecule has 0 spiro atoms. The molecule has 0 bridgehead atoms. The second-order valence-corrected chi connectivity index (χ2v) is 7.64. The number of aldehydes is 1. The Morgan fingerprint density at radius 2 is 1.89 bits per heavy atom. The van der Waals surface area contributed by atoms with Crippen LogP contribution in [0.1, 0.15) is 16.8 Å². The average Bonchev–Trinajstić information content (AvgIpc) is 3.19. The Balaban J connectivity index is 1.98. The number of rotatable bonds is 5. The van der Waals surface area contributed by atoms with Crippen LogP contribution in [0.2, 0.25) is 5.02 Å². The van der Waals surface area contributed by atoms with Crippen LogP contribution in [0.15, 0.2) is 47.8 Å². The first-order chi connectivity index (χ1) is 13.1. The number of aryl methyl sites for hydroxylation is 2. The fourth-order valence-electron chi connectivity index (χ4n) is 3.23. The van der Waals surface area contributed by atoms with Crippen LogP contribution < -0.4 is 5.32 Å². The summed E-state index contributed by atoms with van der Waals surface area (Å²) >= 11 is 7.98. The lowest BCUT2D eigenvalue weighted by Crippen LogP contribution is -2.03. The zero-order valence-electron chi connectivity index (χ0n) is 15.0. The van der Waals surface area contributed by atoms with E-state index in [0.717, 1.165) is 50.8 Å². The van der Waals surface area contributed by atoms with Gasteiger partial charge in [-0.1, -0.05) is 48.0 Å². The Morgan fingerprint density at radius 1 is 1.15 bits per heavy atom. The first-order valence-electron chi connectivity index (χ1n) is 8.60. The zero-order chi connectivity index (χ0) is 19.0. The highest BCUT2D eigenvalue weighted by atomic mass is 35.5. The second-order valence-electron chi connectivity index (χ2n) is 6.40. The fourth-order valence-corrected chi connectivity index (χ4v) is 4.36.